The summed E-state index contributed by atoms with van der Waals surface area (Å²) in [5, 5.41) is -0.0683. The number of nitrogens with zero attached hydrogens (tertiary/aromatic N) is 2. The normalized spacial score (nSPS) is 18.9. The van der Waals surface area contributed by atoms with Crippen LogP contribution in [-0.4, -0.2) is 60.0 Å². The lowest BCUT2D eigenvalue weighted by Crippen LogP contribution is -2.28. The van der Waals surface area contributed by atoms with Gasteiger partial charge in [0.15, 0.2) is 0 Å². The topological polar surface area (TPSA) is 109 Å². The van der Waals surface area contributed by atoms with Crippen molar-refractivity contribution in [2.75, 3.05) is 26.2 Å². The van der Waals surface area contributed by atoms with Crippen molar-refractivity contribution < 1.29 is 25.3 Å². The van der Waals surface area contributed by atoms with Crippen LogP contribution >= 0.6 is 11.6 Å². The summed E-state index contributed by atoms with van der Waals surface area (Å²) >= 11 is 6.13. The molecule has 0 aliphatic carbocycles. The number of sulfonamides is 2. The molecule has 0 saturated carbocycles. The zero-order chi connectivity index (χ0) is 23.1. The Kier molecular flexibility index (Phi) is 6.43. The van der Waals surface area contributed by atoms with Crippen molar-refractivity contribution in [2.24, 2.45) is 0 Å². The molecule has 2 heterocycles. The van der Waals surface area contributed by atoms with Gasteiger partial charge in [-0.25, -0.2) is 25.3 Å². The maximum Gasteiger partial charge on any atom is 0.244 e. The molecule has 12 heteroatoms. The summed E-state index contributed by atoms with van der Waals surface area (Å²) in [5.74, 6) is 0. The highest BCUT2D eigenvalue weighted by atomic mass is 35.5. The number of halogens is 1. The zero-order valence-corrected chi connectivity index (χ0v) is 20.4. The molecule has 174 valence electrons. The Morgan fingerprint density at radius 1 is 0.625 bits per heavy atom. The Hall–Kier alpha value is -1.50. The van der Waals surface area contributed by atoms with Gasteiger partial charge in [-0.1, -0.05) is 17.7 Å². The van der Waals surface area contributed by atoms with Crippen molar-refractivity contribution in [3.05, 3.63) is 47.5 Å². The van der Waals surface area contributed by atoms with E-state index < -0.39 is 29.9 Å². The van der Waals surface area contributed by atoms with Crippen LogP contribution in [0.2, 0.25) is 5.02 Å². The third kappa shape index (κ3) is 4.22. The minimum absolute atomic E-state index is 0.0683. The fourth-order valence-corrected chi connectivity index (χ4v) is 8.99. The Balaban J connectivity index is 1.75. The summed E-state index contributed by atoms with van der Waals surface area (Å²) in [7, 11) is -11.9. The standard InChI is InChI=1S/C20H23ClN2O6S3/c21-19-9-8-17(15-20(19)32(28,29)23-12-3-4-13-23)30(24,25)16-6-5-7-18(14-16)31(26,27)22-10-1-2-11-22/h5-9,14-15H,1-4,10-13H2. The van der Waals surface area contributed by atoms with Crippen LogP contribution in [0.15, 0.2) is 62.0 Å². The first kappa shape index (κ1) is 23.7. The summed E-state index contributed by atoms with van der Waals surface area (Å²) in [6.07, 6.45) is 2.98. The molecule has 0 bridgehead atoms. The van der Waals surface area contributed by atoms with Crippen LogP contribution in [0.3, 0.4) is 0 Å². The Morgan fingerprint density at radius 2 is 1.12 bits per heavy atom. The SMILES string of the molecule is O=S(=O)(c1cccc(S(=O)(=O)N2CCCC2)c1)c1ccc(Cl)c(S(=O)(=O)N2CCCC2)c1. The number of rotatable bonds is 6. The lowest BCUT2D eigenvalue weighted by Gasteiger charge is -2.18. The Bertz CT molecular complexity index is 1350. The molecule has 0 unspecified atom stereocenters. The van der Waals surface area contributed by atoms with Gasteiger partial charge in [0.25, 0.3) is 0 Å². The maximum absolute atomic E-state index is 13.3. The molecule has 32 heavy (non-hydrogen) atoms. The molecule has 2 aliphatic heterocycles. The fraction of sp³-hybridized carbons (Fsp3) is 0.400. The van der Waals surface area contributed by atoms with Crippen LogP contribution in [-0.2, 0) is 29.9 Å². The lowest BCUT2D eigenvalue weighted by molar-refractivity contribution is 0.476. The van der Waals surface area contributed by atoms with Gasteiger partial charge in [-0.2, -0.15) is 8.61 Å². The number of hydrogen-bond donors (Lipinski definition) is 0. The van der Waals surface area contributed by atoms with E-state index in [9.17, 15) is 25.3 Å². The second-order valence-corrected chi connectivity index (χ2v) is 14.0. The van der Waals surface area contributed by atoms with E-state index in [0.29, 0.717) is 26.2 Å². The summed E-state index contributed by atoms with van der Waals surface area (Å²) in [5.41, 5.74) is 0. The molecule has 0 spiro atoms. The first-order valence-electron chi connectivity index (χ1n) is 10.2. The monoisotopic (exact) mass is 518 g/mol. The van der Waals surface area contributed by atoms with Crippen molar-refractivity contribution >= 4 is 41.5 Å². The average molecular weight is 519 g/mol. The molecule has 0 aromatic heterocycles. The van der Waals surface area contributed by atoms with Crippen LogP contribution in [0, 0.1) is 0 Å². The molecule has 2 aliphatic rings. The van der Waals surface area contributed by atoms with Gasteiger partial charge in [0.2, 0.25) is 29.9 Å². The van der Waals surface area contributed by atoms with Crippen LogP contribution in [0.1, 0.15) is 25.7 Å². The zero-order valence-electron chi connectivity index (χ0n) is 17.1. The van der Waals surface area contributed by atoms with Crippen LogP contribution < -0.4 is 0 Å². The highest BCUT2D eigenvalue weighted by Gasteiger charge is 2.32. The van der Waals surface area contributed by atoms with E-state index in [1.54, 1.807) is 0 Å². The van der Waals surface area contributed by atoms with Crippen molar-refractivity contribution in [1.82, 2.24) is 8.61 Å². The van der Waals surface area contributed by atoms with Gasteiger partial charge in [-0.05, 0) is 62.1 Å². The van der Waals surface area contributed by atoms with E-state index >= 15 is 0 Å². The minimum atomic E-state index is -4.19. The molecule has 2 saturated heterocycles. The van der Waals surface area contributed by atoms with Gasteiger partial charge in [-0.15, -0.1) is 0 Å². The predicted molar refractivity (Wildman–Crippen MR) is 119 cm³/mol. The first-order valence-corrected chi connectivity index (χ1v) is 14.9. The molecule has 0 atom stereocenters. The van der Waals surface area contributed by atoms with Gasteiger partial charge in [-0.3, -0.25) is 0 Å². The summed E-state index contributed by atoms with van der Waals surface area (Å²) in [6, 6.07) is 8.65. The van der Waals surface area contributed by atoms with E-state index in [0.717, 1.165) is 37.8 Å². The quantitative estimate of drug-likeness (QED) is 0.581. The molecule has 8 nitrogen and oxygen atoms in total. The highest BCUT2D eigenvalue weighted by molar-refractivity contribution is 7.92. The molecule has 2 aromatic carbocycles. The van der Waals surface area contributed by atoms with E-state index in [-0.39, 0.29) is 24.6 Å². The van der Waals surface area contributed by atoms with Crippen LogP contribution in [0.25, 0.3) is 0 Å². The highest BCUT2D eigenvalue weighted by Crippen LogP contribution is 2.32. The fourth-order valence-electron chi connectivity index (χ4n) is 3.93. The molecule has 2 fully saturated rings. The predicted octanol–water partition coefficient (Wildman–Crippen LogP) is 2.74. The van der Waals surface area contributed by atoms with Crippen molar-refractivity contribution in [1.29, 1.82) is 0 Å². The average Bonchev–Trinajstić information content (AvgIpc) is 3.48. The van der Waals surface area contributed by atoms with Gasteiger partial charge >= 0.3 is 0 Å². The minimum Gasteiger partial charge on any atom is -0.219 e. The number of sulfone groups is 1. The smallest absolute Gasteiger partial charge is 0.219 e. The van der Waals surface area contributed by atoms with Gasteiger partial charge in [0.05, 0.1) is 19.7 Å². The molecular weight excluding hydrogens is 496 g/mol. The number of hydrogen-bond acceptors (Lipinski definition) is 6. The number of benzene rings is 2. The third-order valence-corrected chi connectivity index (χ3v) is 11.7. The van der Waals surface area contributed by atoms with Gasteiger partial charge in [0, 0.05) is 26.2 Å². The molecule has 0 amide bonds. The van der Waals surface area contributed by atoms with E-state index in [4.69, 9.17) is 11.6 Å². The second kappa shape index (κ2) is 8.69. The van der Waals surface area contributed by atoms with Crippen molar-refractivity contribution in [3.63, 3.8) is 0 Å². The summed E-state index contributed by atoms with van der Waals surface area (Å²) in [6.45, 7) is 1.50. The third-order valence-electron chi connectivity index (χ3n) is 5.71. The molecular formula is C20H23ClN2O6S3. The molecule has 4 rings (SSSR count). The van der Waals surface area contributed by atoms with Gasteiger partial charge < -0.3 is 0 Å². The summed E-state index contributed by atoms with van der Waals surface area (Å²) < 4.78 is 80.8. The molecule has 0 radical (unpaired) electrons. The van der Waals surface area contributed by atoms with Crippen LogP contribution in [0.5, 0.6) is 0 Å². The lowest BCUT2D eigenvalue weighted by atomic mass is 10.4. The Labute approximate surface area is 193 Å². The van der Waals surface area contributed by atoms with E-state index in [1.165, 1.54) is 38.9 Å². The first-order chi connectivity index (χ1) is 15.0. The largest absolute Gasteiger partial charge is 0.244 e. The van der Waals surface area contributed by atoms with E-state index in [2.05, 4.69) is 0 Å². The summed E-state index contributed by atoms with van der Waals surface area (Å²) in [4.78, 5) is -0.887. The van der Waals surface area contributed by atoms with Crippen molar-refractivity contribution in [2.45, 2.75) is 45.3 Å². The van der Waals surface area contributed by atoms with Gasteiger partial charge in [0.1, 0.15) is 4.90 Å². The van der Waals surface area contributed by atoms with Crippen molar-refractivity contribution in [3.8, 4) is 0 Å². The maximum atomic E-state index is 13.3. The van der Waals surface area contributed by atoms with Crippen LogP contribution in [0.4, 0.5) is 0 Å². The second-order valence-electron chi connectivity index (χ2n) is 7.79. The Morgan fingerprint density at radius 3 is 1.72 bits per heavy atom. The molecule has 2 aromatic rings. The molecule has 0 N–H and O–H groups in total. The van der Waals surface area contributed by atoms with E-state index in [1.807, 2.05) is 0 Å².